The van der Waals surface area contributed by atoms with Crippen LogP contribution >= 0.6 is 0 Å². The Kier molecular flexibility index (Phi) is 5.37. The minimum Gasteiger partial charge on any atom is -0.341 e. The molecule has 29 heavy (non-hydrogen) atoms. The van der Waals surface area contributed by atoms with Gasteiger partial charge in [-0.25, -0.2) is 0 Å². The van der Waals surface area contributed by atoms with Crippen molar-refractivity contribution in [2.45, 2.75) is 12.8 Å². The topological polar surface area (TPSA) is 86.4 Å². The number of benzene rings is 1. The van der Waals surface area contributed by atoms with Gasteiger partial charge in [-0.2, -0.15) is 0 Å². The molecule has 7 heteroatoms. The average molecular weight is 390 g/mol. The van der Waals surface area contributed by atoms with Crippen LogP contribution < -0.4 is 5.56 Å². The predicted molar refractivity (Wildman–Crippen MR) is 110 cm³/mol. The Morgan fingerprint density at radius 1 is 0.966 bits per heavy atom. The minimum atomic E-state index is -0.235. The van der Waals surface area contributed by atoms with E-state index < -0.39 is 0 Å². The first-order chi connectivity index (χ1) is 14.1. The molecule has 0 bridgehead atoms. The first-order valence-corrected chi connectivity index (χ1v) is 9.70. The van der Waals surface area contributed by atoms with Crippen LogP contribution in [-0.4, -0.2) is 57.8 Å². The summed E-state index contributed by atoms with van der Waals surface area (Å²) in [4.78, 5) is 48.1. The van der Waals surface area contributed by atoms with Gasteiger partial charge in [0.05, 0.1) is 6.42 Å². The van der Waals surface area contributed by atoms with Crippen LogP contribution in [0, 0.1) is 0 Å². The van der Waals surface area contributed by atoms with Gasteiger partial charge in [-0.15, -0.1) is 0 Å². The molecular formula is C22H22N4O3. The van der Waals surface area contributed by atoms with Crippen LogP contribution in [0.4, 0.5) is 0 Å². The highest BCUT2D eigenvalue weighted by atomic mass is 16.2. The quantitative estimate of drug-likeness (QED) is 0.739. The predicted octanol–water partition coefficient (Wildman–Crippen LogP) is 1.84. The van der Waals surface area contributed by atoms with Crippen molar-refractivity contribution < 1.29 is 9.59 Å². The van der Waals surface area contributed by atoms with E-state index in [0.717, 1.165) is 10.9 Å². The van der Waals surface area contributed by atoms with Crippen molar-refractivity contribution in [3.05, 3.63) is 76.3 Å². The number of H-pyrrole nitrogens is 1. The Morgan fingerprint density at radius 2 is 1.69 bits per heavy atom. The second kappa shape index (κ2) is 8.26. The molecular weight excluding hydrogens is 368 g/mol. The fourth-order valence-corrected chi connectivity index (χ4v) is 3.65. The smallest absolute Gasteiger partial charge is 0.254 e. The number of para-hydroxylation sites is 1. The first-order valence-electron chi connectivity index (χ1n) is 9.70. The van der Waals surface area contributed by atoms with Gasteiger partial charge in [-0.05, 0) is 36.1 Å². The Bertz CT molecular complexity index is 1090. The molecule has 7 nitrogen and oxygen atoms in total. The van der Waals surface area contributed by atoms with E-state index in [4.69, 9.17) is 0 Å². The van der Waals surface area contributed by atoms with Crippen LogP contribution in [0.5, 0.6) is 0 Å². The lowest BCUT2D eigenvalue weighted by atomic mass is 10.1. The first kappa shape index (κ1) is 18.9. The molecule has 0 radical (unpaired) electrons. The highest BCUT2D eigenvalue weighted by molar-refractivity contribution is 5.94. The van der Waals surface area contributed by atoms with Gasteiger partial charge in [0.25, 0.3) is 11.5 Å². The van der Waals surface area contributed by atoms with Gasteiger partial charge in [0, 0.05) is 55.2 Å². The van der Waals surface area contributed by atoms with E-state index in [0.29, 0.717) is 43.7 Å². The van der Waals surface area contributed by atoms with Crippen molar-refractivity contribution >= 4 is 22.7 Å². The third-order valence-corrected chi connectivity index (χ3v) is 5.24. The molecule has 1 fully saturated rings. The normalized spacial score (nSPS) is 14.6. The third-order valence-electron chi connectivity index (χ3n) is 5.24. The van der Waals surface area contributed by atoms with Gasteiger partial charge in [0.1, 0.15) is 0 Å². The zero-order chi connectivity index (χ0) is 20.2. The van der Waals surface area contributed by atoms with Crippen LogP contribution in [-0.2, 0) is 11.2 Å². The minimum absolute atomic E-state index is 0.0485. The molecule has 148 valence electrons. The average Bonchev–Trinajstić information content (AvgIpc) is 3.01. The summed E-state index contributed by atoms with van der Waals surface area (Å²) < 4.78 is 0. The summed E-state index contributed by atoms with van der Waals surface area (Å²) in [6.45, 7) is 2.11. The maximum Gasteiger partial charge on any atom is 0.254 e. The maximum atomic E-state index is 12.8. The summed E-state index contributed by atoms with van der Waals surface area (Å²) in [5, 5.41) is 0.903. The lowest BCUT2D eigenvalue weighted by Gasteiger charge is -2.22. The number of nitrogens with zero attached hydrogens (tertiary/aromatic N) is 3. The van der Waals surface area contributed by atoms with Gasteiger partial charge in [0.2, 0.25) is 5.91 Å². The van der Waals surface area contributed by atoms with Crippen molar-refractivity contribution in [3.63, 3.8) is 0 Å². The second-order valence-electron chi connectivity index (χ2n) is 7.15. The monoisotopic (exact) mass is 390 g/mol. The van der Waals surface area contributed by atoms with Gasteiger partial charge >= 0.3 is 0 Å². The number of pyridine rings is 2. The number of aromatic amines is 1. The summed E-state index contributed by atoms with van der Waals surface area (Å²) in [6, 6.07) is 12.7. The molecule has 2 amide bonds. The van der Waals surface area contributed by atoms with E-state index in [2.05, 4.69) is 9.97 Å². The Labute approximate surface area is 168 Å². The highest BCUT2D eigenvalue weighted by Gasteiger charge is 2.23. The van der Waals surface area contributed by atoms with E-state index in [1.165, 1.54) is 0 Å². The SMILES string of the molecule is O=C(Cc1cc2ccccc2[nH]c1=O)N1CCCN(C(=O)c2ccncc2)CC1. The fraction of sp³-hybridized carbons (Fsp3) is 0.273. The number of nitrogens with one attached hydrogen (secondary N) is 1. The van der Waals surface area contributed by atoms with E-state index in [9.17, 15) is 14.4 Å². The molecule has 1 saturated heterocycles. The Hall–Kier alpha value is -3.48. The second-order valence-corrected chi connectivity index (χ2v) is 7.15. The van der Waals surface area contributed by atoms with Gasteiger partial charge in [-0.3, -0.25) is 19.4 Å². The molecule has 0 atom stereocenters. The lowest BCUT2D eigenvalue weighted by Crippen LogP contribution is -2.38. The highest BCUT2D eigenvalue weighted by Crippen LogP contribution is 2.13. The number of rotatable bonds is 3. The van der Waals surface area contributed by atoms with Crippen LogP contribution in [0.1, 0.15) is 22.3 Å². The molecule has 1 aromatic carbocycles. The summed E-state index contributed by atoms with van der Waals surface area (Å²) in [5.74, 6) is -0.142. The zero-order valence-corrected chi connectivity index (χ0v) is 16.0. The van der Waals surface area contributed by atoms with Gasteiger partial charge < -0.3 is 14.8 Å². The molecule has 1 N–H and O–H groups in total. The van der Waals surface area contributed by atoms with E-state index >= 15 is 0 Å². The van der Waals surface area contributed by atoms with Crippen molar-refractivity contribution in [2.75, 3.05) is 26.2 Å². The van der Waals surface area contributed by atoms with Crippen molar-refractivity contribution in [3.8, 4) is 0 Å². The molecule has 4 rings (SSSR count). The van der Waals surface area contributed by atoms with Gasteiger partial charge in [0.15, 0.2) is 0 Å². The van der Waals surface area contributed by atoms with E-state index in [1.54, 1.807) is 40.4 Å². The Morgan fingerprint density at radius 3 is 2.52 bits per heavy atom. The largest absolute Gasteiger partial charge is 0.341 e. The van der Waals surface area contributed by atoms with Crippen LogP contribution in [0.15, 0.2) is 59.7 Å². The number of fused-ring (bicyclic) bond motifs is 1. The van der Waals surface area contributed by atoms with Crippen molar-refractivity contribution in [2.24, 2.45) is 0 Å². The number of carbonyl (C=O) groups is 2. The summed E-state index contributed by atoms with van der Waals surface area (Å²) in [5.41, 5.74) is 1.58. The molecule has 3 aromatic rings. The van der Waals surface area contributed by atoms with Crippen LogP contribution in [0.25, 0.3) is 10.9 Å². The number of amides is 2. The van der Waals surface area contributed by atoms with E-state index in [1.807, 2.05) is 24.3 Å². The molecule has 1 aliphatic rings. The summed E-state index contributed by atoms with van der Waals surface area (Å²) >= 11 is 0. The molecule has 2 aromatic heterocycles. The summed E-state index contributed by atoms with van der Waals surface area (Å²) in [7, 11) is 0. The fourth-order valence-electron chi connectivity index (χ4n) is 3.65. The molecule has 0 saturated carbocycles. The number of hydrogen-bond donors (Lipinski definition) is 1. The number of carbonyl (C=O) groups excluding carboxylic acids is 2. The zero-order valence-electron chi connectivity index (χ0n) is 16.0. The third kappa shape index (κ3) is 4.18. The van der Waals surface area contributed by atoms with Crippen molar-refractivity contribution in [1.82, 2.24) is 19.8 Å². The molecule has 0 aliphatic carbocycles. The number of hydrogen-bond acceptors (Lipinski definition) is 4. The van der Waals surface area contributed by atoms with E-state index in [-0.39, 0.29) is 23.8 Å². The molecule has 3 heterocycles. The van der Waals surface area contributed by atoms with Crippen LogP contribution in [0.3, 0.4) is 0 Å². The molecule has 0 spiro atoms. The maximum absolute atomic E-state index is 12.8. The Balaban J connectivity index is 1.43. The molecule has 1 aliphatic heterocycles. The van der Waals surface area contributed by atoms with Gasteiger partial charge in [-0.1, -0.05) is 18.2 Å². The van der Waals surface area contributed by atoms with Crippen molar-refractivity contribution in [1.29, 1.82) is 0 Å². The summed E-state index contributed by atoms with van der Waals surface area (Å²) in [6.07, 6.45) is 3.96. The standard InChI is InChI=1S/C22H22N4O3/c27-20(15-18-14-17-4-1-2-5-19(17)24-21(18)28)25-10-3-11-26(13-12-25)22(29)16-6-8-23-9-7-16/h1-2,4-9,14H,3,10-13,15H2,(H,24,28). The molecule has 0 unspecified atom stereocenters. The van der Waals surface area contributed by atoms with Crippen LogP contribution in [0.2, 0.25) is 0 Å². The lowest BCUT2D eigenvalue weighted by molar-refractivity contribution is -0.130. The number of aromatic nitrogens is 2.